The summed E-state index contributed by atoms with van der Waals surface area (Å²) >= 11 is 1.41. The van der Waals surface area contributed by atoms with Gasteiger partial charge in [-0.2, -0.15) is 5.26 Å². The van der Waals surface area contributed by atoms with E-state index in [2.05, 4.69) is 40.9 Å². The van der Waals surface area contributed by atoms with Crippen molar-refractivity contribution in [3.63, 3.8) is 0 Å². The fraction of sp³-hybridized carbons (Fsp3) is 0.536. The molecule has 5 rings (SSSR count). The van der Waals surface area contributed by atoms with Gasteiger partial charge in [0, 0.05) is 13.0 Å². The Morgan fingerprint density at radius 2 is 2.08 bits per heavy atom. The van der Waals surface area contributed by atoms with Crippen LogP contribution in [0.2, 0.25) is 0 Å². The number of carbonyl (C=O) groups is 3. The molecular formula is C28H34N6O4S. The highest BCUT2D eigenvalue weighted by molar-refractivity contribution is 7.13. The van der Waals surface area contributed by atoms with E-state index in [1.165, 1.54) is 11.3 Å². The zero-order chi connectivity index (χ0) is 28.1. The second kappa shape index (κ2) is 9.83. The van der Waals surface area contributed by atoms with Gasteiger partial charge in [-0.15, -0.1) is 11.3 Å². The summed E-state index contributed by atoms with van der Waals surface area (Å²) in [5.74, 6) is -0.195. The molecule has 0 bridgehead atoms. The first-order valence-corrected chi connectivity index (χ1v) is 14.0. The number of fused-ring (bicyclic) bond motifs is 2. The van der Waals surface area contributed by atoms with Crippen molar-refractivity contribution in [2.24, 2.45) is 22.7 Å². The van der Waals surface area contributed by atoms with Crippen LogP contribution in [0, 0.1) is 34.0 Å². The number of hydrogen-bond acceptors (Lipinski definition) is 8. The standard InChI is InChI=1S/C28H34N6O4S/c1-27(2,3)23(33-20-12-30-14-39-20)26(37)34-13-16-21(28(16,4)5)22(34)25(36)31-15(11-29)10-19-24(35)32-17-8-6-7-9-18(17)38-19/h6-9,12,14-16,19,21-23,33H,10,13H2,1-5H3,(H,31,36)(H,32,35)/t15?,16-,19?,21-,22-,23+/m0/s1. The summed E-state index contributed by atoms with van der Waals surface area (Å²) in [7, 11) is 0. The van der Waals surface area contributed by atoms with Crippen LogP contribution in [-0.4, -0.2) is 58.4 Å². The average molecular weight is 551 g/mol. The number of amides is 3. The molecule has 3 aliphatic rings. The summed E-state index contributed by atoms with van der Waals surface area (Å²) < 4.78 is 5.83. The summed E-state index contributed by atoms with van der Waals surface area (Å²) in [5.41, 5.74) is 1.76. The molecule has 11 heteroatoms. The fourth-order valence-corrected chi connectivity index (χ4v) is 6.46. The van der Waals surface area contributed by atoms with E-state index in [0.717, 1.165) is 5.00 Å². The Balaban J connectivity index is 1.32. The summed E-state index contributed by atoms with van der Waals surface area (Å²) in [6.07, 6.45) is 0.744. The minimum Gasteiger partial charge on any atom is -0.478 e. The highest BCUT2D eigenvalue weighted by Crippen LogP contribution is 2.65. The maximum Gasteiger partial charge on any atom is 0.265 e. The van der Waals surface area contributed by atoms with Crippen LogP contribution >= 0.6 is 11.3 Å². The van der Waals surface area contributed by atoms with E-state index in [4.69, 9.17) is 4.74 Å². The Kier molecular flexibility index (Phi) is 6.79. The van der Waals surface area contributed by atoms with Crippen LogP contribution in [0.5, 0.6) is 5.75 Å². The van der Waals surface area contributed by atoms with E-state index in [1.54, 1.807) is 40.9 Å². The highest BCUT2D eigenvalue weighted by Gasteiger charge is 2.69. The van der Waals surface area contributed by atoms with Crippen molar-refractivity contribution in [2.75, 3.05) is 17.2 Å². The Labute approximate surface area is 232 Å². The molecule has 1 aromatic heterocycles. The van der Waals surface area contributed by atoms with Gasteiger partial charge in [0.2, 0.25) is 11.8 Å². The van der Waals surface area contributed by atoms with Gasteiger partial charge < -0.3 is 25.6 Å². The van der Waals surface area contributed by atoms with Crippen molar-refractivity contribution < 1.29 is 19.1 Å². The number of nitrogens with one attached hydrogen (secondary N) is 3. The van der Waals surface area contributed by atoms with Crippen molar-refractivity contribution in [3.8, 4) is 11.8 Å². The lowest BCUT2D eigenvalue weighted by molar-refractivity contribution is -0.142. The van der Waals surface area contributed by atoms with Crippen molar-refractivity contribution >= 4 is 39.7 Å². The van der Waals surface area contributed by atoms with Crippen LogP contribution in [0.15, 0.2) is 36.0 Å². The van der Waals surface area contributed by atoms with Crippen LogP contribution in [0.25, 0.3) is 0 Å². The quantitative estimate of drug-likeness (QED) is 0.481. The fourth-order valence-electron chi connectivity index (χ4n) is 5.92. The van der Waals surface area contributed by atoms with E-state index >= 15 is 0 Å². The molecule has 206 valence electrons. The molecule has 6 atom stereocenters. The van der Waals surface area contributed by atoms with Crippen LogP contribution in [0.1, 0.15) is 41.0 Å². The molecule has 3 N–H and O–H groups in total. The molecule has 3 heterocycles. The SMILES string of the molecule is CC(C)(C)[C@H](Nc1cncs1)C(=O)N1C[C@H]2[C@@H]([C@H]1C(=O)NC(C#N)CC1Oc3ccccc3NC1=O)C2(C)C. The summed E-state index contributed by atoms with van der Waals surface area (Å²) in [6, 6.07) is 6.93. The normalized spacial score (nSPS) is 26.2. The van der Waals surface area contributed by atoms with Gasteiger partial charge in [-0.1, -0.05) is 46.8 Å². The third kappa shape index (κ3) is 5.05. The maximum absolute atomic E-state index is 14.0. The van der Waals surface area contributed by atoms with Crippen LogP contribution in [0.4, 0.5) is 10.7 Å². The largest absolute Gasteiger partial charge is 0.478 e. The molecule has 2 aliphatic heterocycles. The molecule has 1 saturated carbocycles. The van der Waals surface area contributed by atoms with E-state index in [-0.39, 0.29) is 41.4 Å². The molecule has 1 saturated heterocycles. The number of aromatic nitrogens is 1. The predicted molar refractivity (Wildman–Crippen MR) is 147 cm³/mol. The van der Waals surface area contributed by atoms with Gasteiger partial charge in [-0.05, 0) is 34.8 Å². The van der Waals surface area contributed by atoms with Crippen LogP contribution < -0.4 is 20.7 Å². The number of benzene rings is 1. The molecule has 0 spiro atoms. The Bertz CT molecular complexity index is 1310. The van der Waals surface area contributed by atoms with Crippen LogP contribution in [0.3, 0.4) is 0 Å². The van der Waals surface area contributed by atoms with E-state index in [9.17, 15) is 19.6 Å². The summed E-state index contributed by atoms with van der Waals surface area (Å²) in [4.78, 5) is 46.1. The number of likely N-dealkylation sites (tertiary alicyclic amines) is 1. The molecule has 2 fully saturated rings. The van der Waals surface area contributed by atoms with Gasteiger partial charge >= 0.3 is 0 Å². The molecule has 1 aliphatic carbocycles. The Morgan fingerprint density at radius 1 is 1.33 bits per heavy atom. The lowest BCUT2D eigenvalue weighted by Crippen LogP contribution is -2.57. The highest BCUT2D eigenvalue weighted by atomic mass is 32.1. The molecule has 1 aromatic carbocycles. The first kappa shape index (κ1) is 26.9. The molecule has 2 aromatic rings. The number of thiazole rings is 1. The third-order valence-corrected chi connectivity index (χ3v) is 8.93. The van der Waals surface area contributed by atoms with Gasteiger partial charge in [0.25, 0.3) is 5.91 Å². The predicted octanol–water partition coefficient (Wildman–Crippen LogP) is 3.25. The number of piperidine rings is 1. The summed E-state index contributed by atoms with van der Waals surface area (Å²) in [6.45, 7) is 10.7. The Hall–Kier alpha value is -3.65. The smallest absolute Gasteiger partial charge is 0.265 e. The number of carbonyl (C=O) groups excluding carboxylic acids is 3. The molecule has 0 radical (unpaired) electrons. The molecular weight excluding hydrogens is 516 g/mol. The zero-order valence-electron chi connectivity index (χ0n) is 22.7. The van der Waals surface area contributed by atoms with E-state index < -0.39 is 29.6 Å². The molecule has 39 heavy (non-hydrogen) atoms. The lowest BCUT2D eigenvalue weighted by atomic mass is 9.85. The number of nitriles is 1. The molecule has 2 unspecified atom stereocenters. The number of para-hydroxylation sites is 2. The van der Waals surface area contributed by atoms with Crippen molar-refractivity contribution in [1.29, 1.82) is 5.26 Å². The lowest BCUT2D eigenvalue weighted by Gasteiger charge is -2.38. The van der Waals surface area contributed by atoms with Gasteiger partial charge in [0.1, 0.15) is 28.9 Å². The number of hydrogen-bond donors (Lipinski definition) is 3. The minimum absolute atomic E-state index is 0.00841. The van der Waals surface area contributed by atoms with E-state index in [1.807, 2.05) is 20.8 Å². The third-order valence-electron chi connectivity index (χ3n) is 8.22. The van der Waals surface area contributed by atoms with Gasteiger partial charge in [-0.25, -0.2) is 0 Å². The Morgan fingerprint density at radius 3 is 2.74 bits per heavy atom. The number of ether oxygens (including phenoxy) is 1. The second-order valence-electron chi connectivity index (χ2n) is 12.2. The maximum atomic E-state index is 14.0. The van der Waals surface area contributed by atoms with Crippen molar-refractivity contribution in [2.45, 2.75) is 65.3 Å². The van der Waals surface area contributed by atoms with Crippen LogP contribution in [-0.2, 0) is 14.4 Å². The second-order valence-corrected chi connectivity index (χ2v) is 13.1. The number of nitrogens with zero attached hydrogens (tertiary/aromatic N) is 3. The average Bonchev–Trinajstić information content (AvgIpc) is 3.32. The first-order valence-electron chi connectivity index (χ1n) is 13.1. The van der Waals surface area contributed by atoms with Crippen molar-refractivity contribution in [1.82, 2.24) is 15.2 Å². The van der Waals surface area contributed by atoms with Gasteiger partial charge in [0.05, 0.1) is 23.5 Å². The monoisotopic (exact) mass is 550 g/mol. The van der Waals surface area contributed by atoms with E-state index in [0.29, 0.717) is 18.0 Å². The minimum atomic E-state index is -0.967. The topological polar surface area (TPSA) is 136 Å². The van der Waals surface area contributed by atoms with Crippen molar-refractivity contribution in [3.05, 3.63) is 36.0 Å². The first-order chi connectivity index (χ1) is 18.4. The van der Waals surface area contributed by atoms with Gasteiger partial charge in [-0.3, -0.25) is 19.4 Å². The molecule has 3 amide bonds. The molecule has 10 nitrogen and oxygen atoms in total. The summed E-state index contributed by atoms with van der Waals surface area (Å²) in [5, 5.41) is 19.6. The number of rotatable bonds is 7. The number of anilines is 2. The van der Waals surface area contributed by atoms with Gasteiger partial charge in [0.15, 0.2) is 6.10 Å². The zero-order valence-corrected chi connectivity index (χ0v) is 23.5.